The maximum Gasteiger partial charge on any atom is 0.598 e. The van der Waals surface area contributed by atoms with Gasteiger partial charge in [0.15, 0.2) is 0 Å². The van der Waals surface area contributed by atoms with E-state index in [2.05, 4.69) is 0 Å². The lowest BCUT2D eigenvalue weighted by molar-refractivity contribution is 0.0746. The lowest BCUT2D eigenvalue weighted by atomic mass is 11.3. The fraction of sp³-hybridized carbons (Fsp3) is 1.00. The first kappa shape index (κ1) is 13.6. The molecule has 0 aromatic rings. The van der Waals surface area contributed by atoms with E-state index in [4.69, 9.17) is 13.3 Å². The standard InChI is InChI=1S/C5H15NO3Si.H2O/c1-6(2)10(7-3,8-4)9-5;/h1-5H3;1H2. The Morgan fingerprint density at radius 2 is 1.18 bits per heavy atom. The fourth-order valence-corrected chi connectivity index (χ4v) is 2.39. The lowest BCUT2D eigenvalue weighted by Crippen LogP contribution is -2.55. The Morgan fingerprint density at radius 3 is 1.18 bits per heavy atom. The molecule has 0 saturated heterocycles. The van der Waals surface area contributed by atoms with Crippen LogP contribution in [0, 0.1) is 0 Å². The second kappa shape index (κ2) is 5.64. The molecule has 0 aromatic heterocycles. The van der Waals surface area contributed by atoms with Crippen molar-refractivity contribution in [2.24, 2.45) is 0 Å². The molecule has 0 bridgehead atoms. The van der Waals surface area contributed by atoms with Gasteiger partial charge in [0.05, 0.1) is 0 Å². The highest BCUT2D eigenvalue weighted by atomic mass is 28.4. The van der Waals surface area contributed by atoms with E-state index in [1.54, 1.807) is 21.3 Å². The molecule has 2 N–H and O–H groups in total. The average molecular weight is 183 g/mol. The SMILES string of the molecule is CO[Si](OC)(OC)N(C)C.O. The van der Waals surface area contributed by atoms with Crippen LogP contribution in [-0.4, -0.2) is 54.4 Å². The van der Waals surface area contributed by atoms with E-state index in [1.807, 2.05) is 18.7 Å². The van der Waals surface area contributed by atoms with Crippen LogP contribution in [0.3, 0.4) is 0 Å². The minimum atomic E-state index is -2.46. The molecule has 0 unspecified atom stereocenters. The predicted octanol–water partition coefficient (Wildman–Crippen LogP) is -0.902. The molecule has 0 aliphatic heterocycles. The van der Waals surface area contributed by atoms with Gasteiger partial charge in [-0.05, 0) is 14.1 Å². The third-order valence-electron chi connectivity index (χ3n) is 1.32. The molecule has 0 spiro atoms. The van der Waals surface area contributed by atoms with Gasteiger partial charge < -0.3 is 18.8 Å². The van der Waals surface area contributed by atoms with Crippen molar-refractivity contribution in [2.75, 3.05) is 35.4 Å². The van der Waals surface area contributed by atoms with Crippen LogP contribution in [0.15, 0.2) is 0 Å². The molecule has 0 rings (SSSR count). The second-order valence-electron chi connectivity index (χ2n) is 2.03. The molecule has 0 aliphatic rings. The van der Waals surface area contributed by atoms with Gasteiger partial charge in [-0.25, -0.2) is 0 Å². The molecular formula is C5H17NO4Si. The highest BCUT2D eigenvalue weighted by Gasteiger charge is 2.42. The van der Waals surface area contributed by atoms with Crippen molar-refractivity contribution in [2.45, 2.75) is 0 Å². The molecule has 6 heteroatoms. The van der Waals surface area contributed by atoms with Gasteiger partial charge in [0, 0.05) is 21.3 Å². The second-order valence-corrected chi connectivity index (χ2v) is 5.20. The van der Waals surface area contributed by atoms with Gasteiger partial charge in [0.2, 0.25) is 0 Å². The van der Waals surface area contributed by atoms with Crippen molar-refractivity contribution in [3.63, 3.8) is 0 Å². The fourth-order valence-electron chi connectivity index (χ4n) is 0.798. The molecule has 0 amide bonds. The summed E-state index contributed by atoms with van der Waals surface area (Å²) in [6, 6.07) is 0. The Hall–Kier alpha value is 0.0169. The average Bonchev–Trinajstić information content (AvgIpc) is 1.92. The van der Waals surface area contributed by atoms with Crippen LogP contribution in [0.4, 0.5) is 0 Å². The molecular weight excluding hydrogens is 166 g/mol. The Balaban J connectivity index is 0. The smallest absolute Gasteiger partial charge is 0.412 e. The van der Waals surface area contributed by atoms with Gasteiger partial charge >= 0.3 is 8.97 Å². The van der Waals surface area contributed by atoms with Crippen molar-refractivity contribution in [3.8, 4) is 0 Å². The summed E-state index contributed by atoms with van der Waals surface area (Å²) in [5.74, 6) is 0. The highest BCUT2D eigenvalue weighted by molar-refractivity contribution is 6.57. The van der Waals surface area contributed by atoms with Gasteiger partial charge in [0.25, 0.3) is 0 Å². The molecule has 0 aliphatic carbocycles. The van der Waals surface area contributed by atoms with Crippen LogP contribution in [0.2, 0.25) is 0 Å². The van der Waals surface area contributed by atoms with Crippen LogP contribution in [0.5, 0.6) is 0 Å². The third-order valence-corrected chi connectivity index (χ3v) is 3.96. The molecule has 0 fully saturated rings. The van der Waals surface area contributed by atoms with Crippen molar-refractivity contribution >= 4 is 8.97 Å². The summed E-state index contributed by atoms with van der Waals surface area (Å²) < 4.78 is 17.2. The maximum absolute atomic E-state index is 5.12. The van der Waals surface area contributed by atoms with Gasteiger partial charge in [0.1, 0.15) is 0 Å². The Morgan fingerprint density at radius 1 is 0.909 bits per heavy atom. The Kier molecular flexibility index (Phi) is 6.97. The van der Waals surface area contributed by atoms with Crippen LogP contribution in [0.1, 0.15) is 0 Å². The number of hydrogen-bond acceptors (Lipinski definition) is 4. The quantitative estimate of drug-likeness (QED) is 0.530. The zero-order valence-electron chi connectivity index (χ0n) is 7.67. The first-order valence-electron chi connectivity index (χ1n) is 2.96. The minimum Gasteiger partial charge on any atom is -0.412 e. The summed E-state index contributed by atoms with van der Waals surface area (Å²) in [6.45, 7) is 0. The Labute approximate surface area is 68.6 Å². The zero-order valence-corrected chi connectivity index (χ0v) is 8.67. The topological polar surface area (TPSA) is 62.4 Å². The molecule has 0 radical (unpaired) electrons. The zero-order chi connectivity index (χ0) is 8.20. The van der Waals surface area contributed by atoms with E-state index in [-0.39, 0.29) is 5.48 Å². The van der Waals surface area contributed by atoms with Crippen LogP contribution in [0.25, 0.3) is 0 Å². The third kappa shape index (κ3) is 2.85. The van der Waals surface area contributed by atoms with Gasteiger partial charge in [-0.2, -0.15) is 0 Å². The molecule has 0 heterocycles. The van der Waals surface area contributed by atoms with Crippen molar-refractivity contribution in [3.05, 3.63) is 0 Å². The van der Waals surface area contributed by atoms with Gasteiger partial charge in [-0.15, -0.1) is 0 Å². The van der Waals surface area contributed by atoms with E-state index in [0.717, 1.165) is 0 Å². The summed E-state index contributed by atoms with van der Waals surface area (Å²) in [5, 5.41) is 0. The summed E-state index contributed by atoms with van der Waals surface area (Å²) in [5.41, 5.74) is 0. The van der Waals surface area contributed by atoms with Gasteiger partial charge in [-0.1, -0.05) is 0 Å². The number of rotatable bonds is 4. The number of nitrogens with zero attached hydrogens (tertiary/aromatic N) is 1. The Bertz CT molecular complexity index is 88.2. The molecule has 11 heavy (non-hydrogen) atoms. The largest absolute Gasteiger partial charge is 0.598 e. The summed E-state index contributed by atoms with van der Waals surface area (Å²) in [6.07, 6.45) is 0. The molecule has 0 saturated carbocycles. The predicted molar refractivity (Wildman–Crippen MR) is 44.1 cm³/mol. The van der Waals surface area contributed by atoms with Crippen molar-refractivity contribution in [1.82, 2.24) is 4.57 Å². The van der Waals surface area contributed by atoms with E-state index in [9.17, 15) is 0 Å². The van der Waals surface area contributed by atoms with E-state index in [0.29, 0.717) is 0 Å². The first-order chi connectivity index (χ1) is 4.63. The van der Waals surface area contributed by atoms with Crippen LogP contribution >= 0.6 is 0 Å². The molecule has 0 aromatic carbocycles. The first-order valence-corrected chi connectivity index (χ1v) is 4.63. The summed E-state index contributed by atoms with van der Waals surface area (Å²) >= 11 is 0. The van der Waals surface area contributed by atoms with Crippen molar-refractivity contribution < 1.29 is 18.8 Å². The number of hydrogen-bond donors (Lipinski definition) is 0. The van der Waals surface area contributed by atoms with E-state index >= 15 is 0 Å². The van der Waals surface area contributed by atoms with Gasteiger partial charge in [-0.3, -0.25) is 4.57 Å². The molecule has 5 nitrogen and oxygen atoms in total. The van der Waals surface area contributed by atoms with E-state index < -0.39 is 8.97 Å². The monoisotopic (exact) mass is 183 g/mol. The molecule has 70 valence electrons. The van der Waals surface area contributed by atoms with Crippen LogP contribution < -0.4 is 0 Å². The molecule has 0 atom stereocenters. The minimum absolute atomic E-state index is 0. The van der Waals surface area contributed by atoms with E-state index in [1.165, 1.54) is 0 Å². The summed E-state index contributed by atoms with van der Waals surface area (Å²) in [4.78, 5) is 0. The maximum atomic E-state index is 5.12. The lowest BCUT2D eigenvalue weighted by Gasteiger charge is -2.29. The summed E-state index contributed by atoms with van der Waals surface area (Å²) in [7, 11) is 6.01. The van der Waals surface area contributed by atoms with Crippen LogP contribution in [-0.2, 0) is 13.3 Å². The normalized spacial score (nSPS) is 11.5. The van der Waals surface area contributed by atoms with Crippen molar-refractivity contribution in [1.29, 1.82) is 0 Å². The highest BCUT2D eigenvalue weighted by Crippen LogP contribution is 2.07.